The summed E-state index contributed by atoms with van der Waals surface area (Å²) in [5.74, 6) is -0.179. The average molecular weight is 520 g/mol. The first-order valence-corrected chi connectivity index (χ1v) is 13.8. The molecule has 0 saturated carbocycles. The van der Waals surface area contributed by atoms with E-state index in [0.717, 1.165) is 29.7 Å². The smallest absolute Gasteiger partial charge is 0.247 e. The molecule has 3 heterocycles. The molecule has 2 fully saturated rings. The van der Waals surface area contributed by atoms with E-state index in [9.17, 15) is 17.6 Å². The molecule has 2 aliphatic rings. The largest absolute Gasteiger partial charge is 0.497 e. The van der Waals surface area contributed by atoms with E-state index in [-0.39, 0.29) is 23.5 Å². The Hall–Kier alpha value is -2.60. The molecular formula is C24H26FN3O5S2. The van der Waals surface area contributed by atoms with Crippen LogP contribution in [0.5, 0.6) is 5.75 Å². The Labute approximate surface area is 207 Å². The van der Waals surface area contributed by atoms with Crippen molar-refractivity contribution < 1.29 is 27.1 Å². The molecule has 2 aliphatic heterocycles. The second-order valence-electron chi connectivity index (χ2n) is 8.64. The van der Waals surface area contributed by atoms with Crippen molar-refractivity contribution >= 4 is 42.6 Å². The fourth-order valence-electron chi connectivity index (χ4n) is 4.59. The van der Waals surface area contributed by atoms with Crippen LogP contribution in [0.1, 0.15) is 25.7 Å². The van der Waals surface area contributed by atoms with E-state index in [1.54, 1.807) is 12.0 Å². The van der Waals surface area contributed by atoms with E-state index in [0.29, 0.717) is 42.4 Å². The summed E-state index contributed by atoms with van der Waals surface area (Å²) in [7, 11) is -2.39. The van der Waals surface area contributed by atoms with Crippen molar-refractivity contribution in [1.82, 2.24) is 9.29 Å². The Balaban J connectivity index is 1.48. The summed E-state index contributed by atoms with van der Waals surface area (Å²) < 4.78 is 53.3. The number of nitrogens with zero attached hydrogens (tertiary/aromatic N) is 3. The standard InChI is InChI=1S/C24H26FN3O5S2/c1-32-17-8-11-22-20(14-17)26-24(34-22)27(15-18-4-3-13-33-18)23(29)21-5-2-12-28(21)35(30,31)19-9-6-16(25)7-10-19/h6-11,14,18,21H,2-5,12-13,15H2,1H3. The maximum Gasteiger partial charge on any atom is 0.247 e. The first-order chi connectivity index (χ1) is 16.9. The summed E-state index contributed by atoms with van der Waals surface area (Å²) in [6.07, 6.45) is 2.56. The highest BCUT2D eigenvalue weighted by Gasteiger charge is 2.42. The molecule has 0 bridgehead atoms. The lowest BCUT2D eigenvalue weighted by Crippen LogP contribution is -2.49. The zero-order valence-corrected chi connectivity index (χ0v) is 20.9. The van der Waals surface area contributed by atoms with E-state index in [1.165, 1.54) is 27.8 Å². The second-order valence-corrected chi connectivity index (χ2v) is 11.5. The Bertz CT molecular complexity index is 1320. The molecular weight excluding hydrogens is 493 g/mol. The predicted molar refractivity (Wildman–Crippen MR) is 131 cm³/mol. The quantitative estimate of drug-likeness (QED) is 0.472. The van der Waals surface area contributed by atoms with Gasteiger partial charge in [-0.25, -0.2) is 17.8 Å². The lowest BCUT2D eigenvalue weighted by Gasteiger charge is -2.29. The van der Waals surface area contributed by atoms with Crippen LogP contribution in [0.15, 0.2) is 47.4 Å². The van der Waals surface area contributed by atoms with Gasteiger partial charge in [-0.2, -0.15) is 4.31 Å². The summed E-state index contributed by atoms with van der Waals surface area (Å²) in [4.78, 5) is 20.2. The number of fused-ring (bicyclic) bond motifs is 1. The molecule has 2 atom stereocenters. The monoisotopic (exact) mass is 519 g/mol. The highest BCUT2D eigenvalue weighted by Crippen LogP contribution is 2.34. The van der Waals surface area contributed by atoms with Crippen LogP contribution in [-0.4, -0.2) is 62.6 Å². The number of methoxy groups -OCH3 is 1. The van der Waals surface area contributed by atoms with Gasteiger partial charge in [0.2, 0.25) is 15.9 Å². The second kappa shape index (κ2) is 9.81. The first kappa shape index (κ1) is 24.1. The molecule has 2 unspecified atom stereocenters. The Morgan fingerprint density at radius 1 is 1.23 bits per heavy atom. The number of amides is 1. The minimum Gasteiger partial charge on any atom is -0.497 e. The minimum absolute atomic E-state index is 0.0311. The van der Waals surface area contributed by atoms with Gasteiger partial charge in [-0.1, -0.05) is 11.3 Å². The van der Waals surface area contributed by atoms with Gasteiger partial charge in [0.05, 0.1) is 34.9 Å². The van der Waals surface area contributed by atoms with Crippen LogP contribution >= 0.6 is 11.3 Å². The number of benzene rings is 2. The molecule has 8 nitrogen and oxygen atoms in total. The molecule has 0 radical (unpaired) electrons. The molecule has 0 aliphatic carbocycles. The van der Waals surface area contributed by atoms with Crippen molar-refractivity contribution in [3.8, 4) is 5.75 Å². The van der Waals surface area contributed by atoms with Crippen molar-refractivity contribution in [2.24, 2.45) is 0 Å². The number of hydrogen-bond donors (Lipinski definition) is 0. The Morgan fingerprint density at radius 2 is 2.03 bits per heavy atom. The van der Waals surface area contributed by atoms with E-state index in [2.05, 4.69) is 4.98 Å². The third kappa shape index (κ3) is 4.77. The van der Waals surface area contributed by atoms with Crippen LogP contribution in [-0.2, 0) is 19.6 Å². The first-order valence-electron chi connectivity index (χ1n) is 11.5. The topological polar surface area (TPSA) is 89.0 Å². The van der Waals surface area contributed by atoms with Gasteiger partial charge in [0.15, 0.2) is 5.13 Å². The molecule has 11 heteroatoms. The normalized spacial score (nSPS) is 21.0. The minimum atomic E-state index is -3.97. The number of anilines is 1. The zero-order valence-electron chi connectivity index (χ0n) is 19.2. The number of aromatic nitrogens is 1. The summed E-state index contributed by atoms with van der Waals surface area (Å²) >= 11 is 1.37. The lowest BCUT2D eigenvalue weighted by atomic mass is 10.2. The number of thiazole rings is 1. The van der Waals surface area contributed by atoms with E-state index in [4.69, 9.17) is 9.47 Å². The molecule has 1 amide bonds. The number of carbonyl (C=O) groups excluding carboxylic acids is 1. The molecule has 0 N–H and O–H groups in total. The van der Waals surface area contributed by atoms with Gasteiger partial charge >= 0.3 is 0 Å². The number of ether oxygens (including phenoxy) is 2. The maximum atomic E-state index is 13.9. The number of carbonyl (C=O) groups is 1. The van der Waals surface area contributed by atoms with Crippen LogP contribution in [0.3, 0.4) is 0 Å². The van der Waals surface area contributed by atoms with Gasteiger partial charge in [-0.3, -0.25) is 9.69 Å². The zero-order chi connectivity index (χ0) is 24.6. The fraction of sp³-hybridized carbons (Fsp3) is 0.417. The van der Waals surface area contributed by atoms with Gasteiger partial charge in [-0.15, -0.1) is 0 Å². The summed E-state index contributed by atoms with van der Waals surface area (Å²) in [6.45, 7) is 1.16. The maximum absolute atomic E-state index is 13.9. The predicted octanol–water partition coefficient (Wildman–Crippen LogP) is 3.81. The molecule has 186 valence electrons. The SMILES string of the molecule is COc1ccc2sc(N(CC3CCCO3)C(=O)C3CCCN3S(=O)(=O)c3ccc(F)cc3)nc2c1. The third-order valence-corrected chi connectivity index (χ3v) is 9.38. The Morgan fingerprint density at radius 3 is 2.74 bits per heavy atom. The van der Waals surface area contributed by atoms with E-state index < -0.39 is 21.9 Å². The van der Waals surface area contributed by atoms with Gasteiger partial charge in [-0.05, 0) is 62.1 Å². The van der Waals surface area contributed by atoms with Crippen molar-refractivity contribution in [2.75, 3.05) is 31.7 Å². The highest BCUT2D eigenvalue weighted by atomic mass is 32.2. The number of halogens is 1. The molecule has 2 aromatic carbocycles. The number of rotatable bonds is 7. The molecule has 5 rings (SSSR count). The molecule has 0 spiro atoms. The molecule has 3 aromatic rings. The molecule has 35 heavy (non-hydrogen) atoms. The van der Waals surface area contributed by atoms with Gasteiger partial charge in [0.25, 0.3) is 0 Å². The summed E-state index contributed by atoms with van der Waals surface area (Å²) in [5.41, 5.74) is 0.705. The van der Waals surface area contributed by atoms with Crippen molar-refractivity contribution in [3.05, 3.63) is 48.3 Å². The summed E-state index contributed by atoms with van der Waals surface area (Å²) in [6, 6.07) is 9.36. The number of sulfonamides is 1. The van der Waals surface area contributed by atoms with E-state index >= 15 is 0 Å². The molecule has 2 saturated heterocycles. The fourth-order valence-corrected chi connectivity index (χ4v) is 7.20. The van der Waals surface area contributed by atoms with Crippen LogP contribution in [0, 0.1) is 5.82 Å². The lowest BCUT2D eigenvalue weighted by molar-refractivity contribution is -0.122. The molecule has 1 aromatic heterocycles. The van der Waals surface area contributed by atoms with Crippen molar-refractivity contribution in [1.29, 1.82) is 0 Å². The van der Waals surface area contributed by atoms with Crippen molar-refractivity contribution in [3.63, 3.8) is 0 Å². The van der Waals surface area contributed by atoms with Gasteiger partial charge < -0.3 is 9.47 Å². The van der Waals surface area contributed by atoms with Crippen LogP contribution in [0.25, 0.3) is 10.2 Å². The number of hydrogen-bond acceptors (Lipinski definition) is 7. The van der Waals surface area contributed by atoms with Crippen LogP contribution in [0.2, 0.25) is 0 Å². The highest BCUT2D eigenvalue weighted by molar-refractivity contribution is 7.89. The van der Waals surface area contributed by atoms with Gasteiger partial charge in [0, 0.05) is 19.2 Å². The van der Waals surface area contributed by atoms with Crippen molar-refractivity contribution in [2.45, 2.75) is 42.7 Å². The van der Waals surface area contributed by atoms with E-state index in [1.807, 2.05) is 18.2 Å². The average Bonchev–Trinajstić information content (AvgIpc) is 3.62. The van der Waals surface area contributed by atoms with Crippen LogP contribution in [0.4, 0.5) is 9.52 Å². The summed E-state index contributed by atoms with van der Waals surface area (Å²) in [5, 5.41) is 0.500. The Kier molecular flexibility index (Phi) is 6.75. The third-order valence-electron chi connectivity index (χ3n) is 6.40. The van der Waals surface area contributed by atoms with Gasteiger partial charge in [0.1, 0.15) is 17.6 Å². The van der Waals surface area contributed by atoms with Crippen LogP contribution < -0.4 is 9.64 Å².